The number of rotatable bonds is 4. The number of amides is 2. The molecule has 5 heteroatoms. The molecule has 2 N–H and O–H groups in total. The van der Waals surface area contributed by atoms with Gasteiger partial charge in [-0.25, -0.2) is 4.79 Å². The van der Waals surface area contributed by atoms with Crippen LogP contribution in [0.1, 0.15) is 34.5 Å². The first-order valence-corrected chi connectivity index (χ1v) is 10.5. The first-order chi connectivity index (χ1) is 13.6. The molecule has 2 aromatic carbocycles. The summed E-state index contributed by atoms with van der Waals surface area (Å²) in [5, 5.41) is 8.13. The summed E-state index contributed by atoms with van der Waals surface area (Å²) in [6.45, 7) is 6.05. The van der Waals surface area contributed by atoms with E-state index >= 15 is 0 Å². The van der Waals surface area contributed by atoms with Crippen LogP contribution in [0.4, 0.5) is 16.2 Å². The first-order valence-electron chi connectivity index (χ1n) is 9.63. The number of carbonyl (C=O) groups excluding carboxylic acids is 1. The fourth-order valence-corrected chi connectivity index (χ4v) is 4.63. The van der Waals surface area contributed by atoms with Crippen LogP contribution < -0.4 is 15.5 Å². The van der Waals surface area contributed by atoms with E-state index in [2.05, 4.69) is 52.1 Å². The average Bonchev–Trinajstić information content (AvgIpc) is 3.16. The third-order valence-corrected chi connectivity index (χ3v) is 6.32. The molecule has 1 aliphatic rings. The molecule has 1 unspecified atom stereocenters. The summed E-state index contributed by atoms with van der Waals surface area (Å²) in [7, 11) is 0. The molecule has 0 bridgehead atoms. The van der Waals surface area contributed by atoms with Gasteiger partial charge in [-0.1, -0.05) is 24.3 Å². The van der Waals surface area contributed by atoms with Crippen molar-refractivity contribution >= 4 is 28.7 Å². The Hall–Kier alpha value is -2.79. The van der Waals surface area contributed by atoms with Crippen LogP contribution in [0.15, 0.2) is 60.0 Å². The van der Waals surface area contributed by atoms with Gasteiger partial charge in [-0.05, 0) is 72.7 Å². The van der Waals surface area contributed by atoms with Gasteiger partial charge < -0.3 is 15.5 Å². The Kier molecular flexibility index (Phi) is 5.35. The third kappa shape index (κ3) is 4.04. The Labute approximate surface area is 170 Å². The zero-order chi connectivity index (χ0) is 19.5. The molecule has 0 saturated carbocycles. The number of nitrogens with zero attached hydrogens (tertiary/aromatic N) is 1. The summed E-state index contributed by atoms with van der Waals surface area (Å²) in [5.41, 5.74) is 5.73. The Morgan fingerprint density at radius 2 is 1.89 bits per heavy atom. The highest BCUT2D eigenvalue weighted by molar-refractivity contribution is 7.10. The lowest BCUT2D eigenvalue weighted by Gasteiger charge is -2.29. The lowest BCUT2D eigenvalue weighted by molar-refractivity contribution is 0.249. The summed E-state index contributed by atoms with van der Waals surface area (Å²) in [5.74, 6) is 0. The first kappa shape index (κ1) is 18.6. The SMILES string of the molecule is Cc1ccccc1C(C)NC(=O)Nc1ccc(N2CCc3sccc3C2)cc1. The molecule has 0 spiro atoms. The van der Waals surface area contributed by atoms with Gasteiger partial charge in [-0.15, -0.1) is 11.3 Å². The van der Waals surface area contributed by atoms with E-state index in [1.54, 1.807) is 0 Å². The molecule has 144 valence electrons. The Bertz CT molecular complexity index is 964. The van der Waals surface area contributed by atoms with Crippen LogP contribution in [0, 0.1) is 6.92 Å². The largest absolute Gasteiger partial charge is 0.367 e. The lowest BCUT2D eigenvalue weighted by Crippen LogP contribution is -2.31. The van der Waals surface area contributed by atoms with Crippen molar-refractivity contribution in [3.8, 4) is 0 Å². The number of nitrogens with one attached hydrogen (secondary N) is 2. The number of urea groups is 1. The van der Waals surface area contributed by atoms with Crippen molar-refractivity contribution in [3.63, 3.8) is 0 Å². The van der Waals surface area contributed by atoms with Crippen LogP contribution in [-0.2, 0) is 13.0 Å². The summed E-state index contributed by atoms with van der Waals surface area (Å²) < 4.78 is 0. The molecule has 0 fully saturated rings. The Morgan fingerprint density at radius 3 is 2.68 bits per heavy atom. The van der Waals surface area contributed by atoms with Gasteiger partial charge in [0.2, 0.25) is 0 Å². The number of aryl methyl sites for hydroxylation is 1. The molecule has 1 aliphatic heterocycles. The second-order valence-electron chi connectivity index (χ2n) is 7.26. The molecule has 0 radical (unpaired) electrons. The molecular formula is C23H25N3OS. The molecule has 28 heavy (non-hydrogen) atoms. The van der Waals surface area contributed by atoms with Crippen molar-refractivity contribution < 1.29 is 4.79 Å². The molecular weight excluding hydrogens is 366 g/mol. The minimum absolute atomic E-state index is 0.0476. The van der Waals surface area contributed by atoms with Crippen molar-refractivity contribution in [2.45, 2.75) is 32.9 Å². The summed E-state index contributed by atoms with van der Waals surface area (Å²) in [4.78, 5) is 16.3. The molecule has 4 rings (SSSR count). The van der Waals surface area contributed by atoms with Crippen LogP contribution >= 0.6 is 11.3 Å². The zero-order valence-electron chi connectivity index (χ0n) is 16.2. The smallest absolute Gasteiger partial charge is 0.319 e. The van der Waals surface area contributed by atoms with Gasteiger partial charge in [0.15, 0.2) is 0 Å². The van der Waals surface area contributed by atoms with E-state index in [9.17, 15) is 4.79 Å². The number of hydrogen-bond donors (Lipinski definition) is 2. The molecule has 1 aromatic heterocycles. The molecule has 3 aromatic rings. The van der Waals surface area contributed by atoms with Crippen LogP contribution in [0.5, 0.6) is 0 Å². The average molecular weight is 392 g/mol. The van der Waals surface area contributed by atoms with Crippen LogP contribution in [0.3, 0.4) is 0 Å². The maximum absolute atomic E-state index is 12.4. The summed E-state index contributed by atoms with van der Waals surface area (Å²) >= 11 is 1.85. The van der Waals surface area contributed by atoms with E-state index in [4.69, 9.17) is 0 Å². The van der Waals surface area contributed by atoms with E-state index < -0.39 is 0 Å². The van der Waals surface area contributed by atoms with E-state index in [1.807, 2.05) is 48.6 Å². The van der Waals surface area contributed by atoms with E-state index in [0.717, 1.165) is 30.8 Å². The van der Waals surface area contributed by atoms with Crippen LogP contribution in [0.2, 0.25) is 0 Å². The van der Waals surface area contributed by atoms with E-state index in [-0.39, 0.29) is 12.1 Å². The molecule has 0 saturated heterocycles. The Morgan fingerprint density at radius 1 is 1.11 bits per heavy atom. The van der Waals surface area contributed by atoms with E-state index in [0.29, 0.717) is 0 Å². The minimum Gasteiger partial charge on any atom is -0.367 e. The number of fused-ring (bicyclic) bond motifs is 1. The summed E-state index contributed by atoms with van der Waals surface area (Å²) in [6, 6.07) is 18.2. The van der Waals surface area contributed by atoms with Gasteiger partial charge in [-0.3, -0.25) is 0 Å². The highest BCUT2D eigenvalue weighted by atomic mass is 32.1. The number of thiophene rings is 1. The number of carbonyl (C=O) groups is 1. The number of benzene rings is 2. The van der Waals surface area contributed by atoms with Crippen molar-refractivity contribution in [3.05, 3.63) is 81.5 Å². The predicted molar refractivity (Wildman–Crippen MR) is 117 cm³/mol. The lowest BCUT2D eigenvalue weighted by atomic mass is 10.0. The standard InChI is InChI=1S/C23H25N3OS/c1-16-5-3-4-6-21(16)17(2)24-23(27)25-19-7-9-20(10-8-19)26-13-11-22-18(15-26)12-14-28-22/h3-10,12,14,17H,11,13,15H2,1-2H3,(H2,24,25,27). The van der Waals surface area contributed by atoms with Gasteiger partial charge >= 0.3 is 6.03 Å². The van der Waals surface area contributed by atoms with E-state index in [1.165, 1.54) is 21.7 Å². The van der Waals surface area contributed by atoms with Gasteiger partial charge in [0.1, 0.15) is 0 Å². The van der Waals surface area contributed by atoms with Crippen molar-refractivity contribution in [1.29, 1.82) is 0 Å². The monoisotopic (exact) mass is 391 g/mol. The second-order valence-corrected chi connectivity index (χ2v) is 8.26. The molecule has 2 amide bonds. The Balaban J connectivity index is 1.35. The number of hydrogen-bond acceptors (Lipinski definition) is 3. The minimum atomic E-state index is -0.190. The van der Waals surface area contributed by atoms with Gasteiger partial charge in [-0.2, -0.15) is 0 Å². The van der Waals surface area contributed by atoms with Crippen molar-refractivity contribution in [2.24, 2.45) is 0 Å². The third-order valence-electron chi connectivity index (χ3n) is 5.30. The highest BCUT2D eigenvalue weighted by Crippen LogP contribution is 2.28. The summed E-state index contributed by atoms with van der Waals surface area (Å²) in [6.07, 6.45) is 1.10. The molecule has 0 aliphatic carbocycles. The van der Waals surface area contributed by atoms with Crippen LogP contribution in [0.25, 0.3) is 0 Å². The van der Waals surface area contributed by atoms with Crippen LogP contribution in [-0.4, -0.2) is 12.6 Å². The maximum atomic E-state index is 12.4. The fourth-order valence-electron chi connectivity index (χ4n) is 3.74. The van der Waals surface area contributed by atoms with Crippen molar-refractivity contribution in [2.75, 3.05) is 16.8 Å². The van der Waals surface area contributed by atoms with Gasteiger partial charge in [0.25, 0.3) is 0 Å². The predicted octanol–water partition coefficient (Wildman–Crippen LogP) is 5.50. The maximum Gasteiger partial charge on any atom is 0.319 e. The fraction of sp³-hybridized carbons (Fsp3) is 0.261. The molecule has 4 nitrogen and oxygen atoms in total. The number of anilines is 2. The molecule has 1 atom stereocenters. The van der Waals surface area contributed by atoms with Gasteiger partial charge in [0, 0.05) is 29.3 Å². The highest BCUT2D eigenvalue weighted by Gasteiger charge is 2.17. The normalized spacial score (nSPS) is 14.3. The second kappa shape index (κ2) is 8.07. The quantitative estimate of drug-likeness (QED) is 0.617. The van der Waals surface area contributed by atoms with Crippen molar-refractivity contribution in [1.82, 2.24) is 5.32 Å². The zero-order valence-corrected chi connectivity index (χ0v) is 17.1. The van der Waals surface area contributed by atoms with Gasteiger partial charge in [0.05, 0.1) is 6.04 Å². The molecule has 2 heterocycles. The topological polar surface area (TPSA) is 44.4 Å².